The van der Waals surface area contributed by atoms with Gasteiger partial charge in [0.05, 0.1) is 28.2 Å². The highest BCUT2D eigenvalue weighted by Crippen LogP contribution is 2.36. The molecule has 3 atom stereocenters. The second kappa shape index (κ2) is 10.7. The number of nitrogens with two attached hydrogens (primary N) is 1. The lowest BCUT2D eigenvalue weighted by molar-refractivity contribution is -0.137. The minimum Gasteiger partial charge on any atom is -0.383 e. The standard InChI is InChI=1S/C26H31F3N8O/c1-38-25(34-19-8-3-2-6-17(13-19)26(27,28)29)36-12-11-20(14-36)37-24-21(23(31)32-15-33-24)22(35-37)16-5-4-7-18(30)10-9-16/h2-3,6,8-10,13,16,20,25,30,33H,4-5,7,11-12,14-15H2,1H3,(H2,31,32). The first-order valence-corrected chi connectivity index (χ1v) is 12.6. The monoisotopic (exact) mass is 528 g/mol. The van der Waals surface area contributed by atoms with E-state index >= 15 is 0 Å². The Labute approximate surface area is 218 Å². The molecule has 0 radical (unpaired) electrons. The first kappa shape index (κ1) is 26.1. The van der Waals surface area contributed by atoms with E-state index in [0.29, 0.717) is 31.3 Å². The summed E-state index contributed by atoms with van der Waals surface area (Å²) in [5, 5.41) is 16.5. The highest BCUT2D eigenvalue weighted by molar-refractivity contribution is 6.04. The van der Waals surface area contributed by atoms with E-state index in [4.69, 9.17) is 21.0 Å². The molecule has 9 nitrogen and oxygen atoms in total. The average Bonchev–Trinajstić information content (AvgIpc) is 3.35. The zero-order valence-corrected chi connectivity index (χ0v) is 21.1. The summed E-state index contributed by atoms with van der Waals surface area (Å²) in [6.45, 7) is 1.53. The van der Waals surface area contributed by atoms with Crippen LogP contribution in [0.4, 0.5) is 19.0 Å². The van der Waals surface area contributed by atoms with E-state index < -0.39 is 18.1 Å². The van der Waals surface area contributed by atoms with Gasteiger partial charge in [-0.15, -0.1) is 0 Å². The number of likely N-dealkylation sites (tertiary alicyclic amines) is 1. The summed E-state index contributed by atoms with van der Waals surface area (Å²) in [4.78, 5) is 10.9. The van der Waals surface area contributed by atoms with E-state index in [1.807, 2.05) is 21.7 Å². The molecule has 38 heavy (non-hydrogen) atoms. The maximum atomic E-state index is 13.3. The van der Waals surface area contributed by atoms with Gasteiger partial charge in [0.15, 0.2) is 0 Å². The van der Waals surface area contributed by atoms with Crippen molar-refractivity contribution in [3.05, 3.63) is 64.7 Å². The molecule has 4 N–H and O–H groups in total. The number of aliphatic imine (C=N–C) groups is 1. The van der Waals surface area contributed by atoms with Crippen LogP contribution in [0.3, 0.4) is 0 Å². The fourth-order valence-corrected chi connectivity index (χ4v) is 5.23. The third kappa shape index (κ3) is 5.37. The van der Waals surface area contributed by atoms with Gasteiger partial charge in [0.25, 0.3) is 0 Å². The predicted octanol–water partition coefficient (Wildman–Crippen LogP) is 3.61. The normalized spacial score (nSPS) is 23.5. The summed E-state index contributed by atoms with van der Waals surface area (Å²) in [5.74, 6) is 1.30. The van der Waals surface area contributed by atoms with Crippen LogP contribution in [0.5, 0.6) is 0 Å². The van der Waals surface area contributed by atoms with E-state index in [0.717, 1.165) is 54.9 Å². The van der Waals surface area contributed by atoms with Gasteiger partial charge in [0, 0.05) is 31.8 Å². The Balaban J connectivity index is 1.43. The van der Waals surface area contributed by atoms with Crippen LogP contribution in [0.2, 0.25) is 0 Å². The lowest BCUT2D eigenvalue weighted by Crippen LogP contribution is -2.35. The van der Waals surface area contributed by atoms with Crippen molar-refractivity contribution < 1.29 is 17.9 Å². The van der Waals surface area contributed by atoms with Crippen LogP contribution in [-0.2, 0) is 10.9 Å². The number of nitrogens with zero attached hydrogens (tertiary/aromatic N) is 5. The van der Waals surface area contributed by atoms with Gasteiger partial charge in [-0.1, -0.05) is 18.2 Å². The Kier molecular flexibility index (Phi) is 7.35. The van der Waals surface area contributed by atoms with E-state index in [1.165, 1.54) is 25.3 Å². The van der Waals surface area contributed by atoms with Crippen LogP contribution in [0.25, 0.3) is 0 Å². The minimum atomic E-state index is -4.47. The number of hydrogen-bond donors (Lipinski definition) is 3. The molecule has 3 aliphatic rings. The van der Waals surface area contributed by atoms with Crippen LogP contribution in [0.1, 0.15) is 54.5 Å². The molecule has 1 fully saturated rings. The van der Waals surface area contributed by atoms with E-state index in [2.05, 4.69) is 15.3 Å². The largest absolute Gasteiger partial charge is 0.416 e. The Hall–Kier alpha value is -3.51. The molecule has 2 aromatic rings. The Morgan fingerprint density at radius 1 is 1.26 bits per heavy atom. The number of amidine groups is 1. The van der Waals surface area contributed by atoms with Gasteiger partial charge < -0.3 is 21.2 Å². The third-order valence-corrected chi connectivity index (χ3v) is 7.14. The van der Waals surface area contributed by atoms with E-state index in [-0.39, 0.29) is 17.3 Å². The van der Waals surface area contributed by atoms with Crippen molar-refractivity contribution in [2.75, 3.05) is 32.2 Å². The zero-order valence-electron chi connectivity index (χ0n) is 21.1. The molecule has 12 heteroatoms. The summed E-state index contributed by atoms with van der Waals surface area (Å²) in [6, 6.07) is 6.46. The van der Waals surface area contributed by atoms with Gasteiger partial charge >= 0.3 is 6.18 Å². The van der Waals surface area contributed by atoms with Crippen LogP contribution >= 0.6 is 0 Å². The van der Waals surface area contributed by atoms with E-state index in [1.54, 1.807) is 0 Å². The molecule has 0 amide bonds. The molecule has 0 saturated carbocycles. The number of allylic oxidation sites excluding steroid dienone is 2. The topological polar surface area (TPSA) is 117 Å². The quantitative estimate of drug-likeness (QED) is 0.548. The third-order valence-electron chi connectivity index (χ3n) is 7.14. The summed E-state index contributed by atoms with van der Waals surface area (Å²) in [5.41, 5.74) is 7.83. The number of rotatable bonds is 5. The average molecular weight is 529 g/mol. The summed E-state index contributed by atoms with van der Waals surface area (Å²) < 4.78 is 47.5. The lowest BCUT2D eigenvalue weighted by atomic mass is 9.96. The summed E-state index contributed by atoms with van der Waals surface area (Å²) in [6.07, 6.45) is 1.92. The molecule has 1 aliphatic carbocycles. The molecule has 202 valence electrons. The fourth-order valence-electron chi connectivity index (χ4n) is 5.23. The van der Waals surface area contributed by atoms with Crippen LogP contribution in [-0.4, -0.2) is 59.4 Å². The Morgan fingerprint density at radius 2 is 2.08 bits per heavy atom. The highest BCUT2D eigenvalue weighted by Gasteiger charge is 2.35. The van der Waals surface area contributed by atoms with Gasteiger partial charge in [0.1, 0.15) is 18.3 Å². The van der Waals surface area contributed by atoms with Crippen molar-refractivity contribution >= 4 is 17.4 Å². The van der Waals surface area contributed by atoms with E-state index in [9.17, 15) is 13.2 Å². The van der Waals surface area contributed by atoms with Gasteiger partial charge in [0.2, 0.25) is 6.35 Å². The number of halogens is 3. The van der Waals surface area contributed by atoms with Crippen LogP contribution in [0.15, 0.2) is 52.5 Å². The van der Waals surface area contributed by atoms with Crippen LogP contribution < -0.4 is 16.4 Å². The van der Waals surface area contributed by atoms with Gasteiger partial charge in [-0.25, -0.2) is 14.7 Å². The second-order valence-corrected chi connectivity index (χ2v) is 9.68. The number of aromatic nitrogens is 2. The Bertz CT molecular complexity index is 1330. The molecule has 3 unspecified atom stereocenters. The molecule has 0 bridgehead atoms. The highest BCUT2D eigenvalue weighted by atomic mass is 19.4. The number of alkyl halides is 3. The molecular formula is C26H31F3N8O. The second-order valence-electron chi connectivity index (χ2n) is 9.68. The smallest absolute Gasteiger partial charge is 0.383 e. The number of anilines is 1. The lowest BCUT2D eigenvalue weighted by Gasteiger charge is -2.23. The summed E-state index contributed by atoms with van der Waals surface area (Å²) >= 11 is 0. The molecule has 1 aromatic carbocycles. The molecule has 5 rings (SSSR count). The minimum absolute atomic E-state index is 0.0190. The van der Waals surface area contributed by atoms with Gasteiger partial charge in [-0.3, -0.25) is 4.90 Å². The predicted molar refractivity (Wildman–Crippen MR) is 138 cm³/mol. The van der Waals surface area contributed by atoms with Crippen molar-refractivity contribution in [2.45, 2.75) is 50.2 Å². The number of methoxy groups -OCH3 is 1. The number of nitrogens with one attached hydrogen (secondary N) is 2. The molecular weight excluding hydrogens is 497 g/mol. The number of hydrogen-bond acceptors (Lipinski definition) is 8. The van der Waals surface area contributed by atoms with Gasteiger partial charge in [-0.2, -0.15) is 18.3 Å². The zero-order chi connectivity index (χ0) is 26.9. The van der Waals surface area contributed by atoms with Crippen molar-refractivity contribution in [1.82, 2.24) is 14.7 Å². The molecule has 0 spiro atoms. The molecule has 3 heterocycles. The van der Waals surface area contributed by atoms with Crippen molar-refractivity contribution in [3.8, 4) is 0 Å². The maximum Gasteiger partial charge on any atom is 0.416 e. The van der Waals surface area contributed by atoms with Crippen LogP contribution in [0, 0.1) is 5.41 Å². The molecule has 2 aliphatic heterocycles. The first-order chi connectivity index (χ1) is 18.2. The SMILES string of the molecule is COC(N=c1ccccc(C(F)(F)F)c1)N1CCC(n2nc(C3C=CC(=N)CCC3)c3c2NCN=C3N)C1. The number of ether oxygens (including phenoxy) is 1. The van der Waals surface area contributed by atoms with Crippen molar-refractivity contribution in [3.63, 3.8) is 0 Å². The van der Waals surface area contributed by atoms with Crippen molar-refractivity contribution in [2.24, 2.45) is 15.7 Å². The fraction of sp³-hybridized carbons (Fsp3) is 0.462. The molecule has 1 aromatic heterocycles. The van der Waals surface area contributed by atoms with Gasteiger partial charge in [-0.05, 0) is 50.0 Å². The van der Waals surface area contributed by atoms with Crippen molar-refractivity contribution in [1.29, 1.82) is 5.41 Å². The number of fused-ring (bicyclic) bond motifs is 1. The first-order valence-electron chi connectivity index (χ1n) is 12.6. The Morgan fingerprint density at radius 3 is 2.87 bits per heavy atom. The molecule has 1 saturated heterocycles. The summed E-state index contributed by atoms with van der Waals surface area (Å²) in [7, 11) is 1.50. The maximum absolute atomic E-state index is 13.3.